The van der Waals surface area contributed by atoms with Crippen LogP contribution >= 0.6 is 0 Å². The summed E-state index contributed by atoms with van der Waals surface area (Å²) < 4.78 is 3.78. The summed E-state index contributed by atoms with van der Waals surface area (Å²) in [7, 11) is 1.97. The Hall–Kier alpha value is -1.81. The van der Waals surface area contributed by atoms with Crippen LogP contribution in [0.1, 0.15) is 37.4 Å². The summed E-state index contributed by atoms with van der Waals surface area (Å²) in [6.07, 6.45) is 3.87. The van der Waals surface area contributed by atoms with Gasteiger partial charge >= 0.3 is 0 Å². The molecule has 4 nitrogen and oxygen atoms in total. The number of quaternary nitrogens is 1. The number of nitrogens with one attached hydrogen (secondary N) is 1. The fraction of sp³-hybridized carbons (Fsp3) is 0.500. The summed E-state index contributed by atoms with van der Waals surface area (Å²) >= 11 is 0. The molecule has 0 aliphatic carbocycles. The van der Waals surface area contributed by atoms with E-state index in [1.165, 1.54) is 25.8 Å². The third-order valence-corrected chi connectivity index (χ3v) is 5.16. The highest BCUT2D eigenvalue weighted by molar-refractivity contribution is 5.33. The lowest BCUT2D eigenvalue weighted by atomic mass is 10.0. The Labute approximate surface area is 132 Å². The summed E-state index contributed by atoms with van der Waals surface area (Å²) in [6, 6.07) is 10.5. The molecule has 4 heteroatoms. The summed E-state index contributed by atoms with van der Waals surface area (Å²) in [4.78, 5) is 14.5. The van der Waals surface area contributed by atoms with Gasteiger partial charge in [0, 0.05) is 12.7 Å². The quantitative estimate of drug-likeness (QED) is 0.914. The van der Waals surface area contributed by atoms with Gasteiger partial charge in [0.15, 0.2) is 0 Å². The van der Waals surface area contributed by atoms with Crippen LogP contribution in [0.4, 0.5) is 0 Å². The summed E-state index contributed by atoms with van der Waals surface area (Å²) in [5, 5.41) is 0. The molecule has 118 valence electrons. The van der Waals surface area contributed by atoms with Gasteiger partial charge in [0.05, 0.1) is 23.8 Å². The number of aromatic nitrogens is 2. The number of hydrogen-bond donors (Lipinski definition) is 1. The van der Waals surface area contributed by atoms with Crippen molar-refractivity contribution in [2.24, 2.45) is 7.05 Å². The second kappa shape index (κ2) is 6.13. The van der Waals surface area contributed by atoms with Crippen LogP contribution in [-0.2, 0) is 13.6 Å². The van der Waals surface area contributed by atoms with Gasteiger partial charge in [-0.1, -0.05) is 18.2 Å². The van der Waals surface area contributed by atoms with Gasteiger partial charge in [-0.25, -0.2) is 4.68 Å². The second-order valence-corrected chi connectivity index (χ2v) is 6.52. The standard InChI is InChI=1S/C18H25N3O/c1-14-9-7-8-12-20(14)13-17-15(2)19(3)21(18(17)22)16-10-5-4-6-11-16/h4-6,10-11,14H,7-9,12-13H2,1-3H3/p+1/t14-/m0/s1. The lowest BCUT2D eigenvalue weighted by Crippen LogP contribution is -3.15. The van der Waals surface area contributed by atoms with E-state index in [-0.39, 0.29) is 5.56 Å². The van der Waals surface area contributed by atoms with Crippen molar-refractivity contribution in [3.8, 4) is 5.69 Å². The minimum absolute atomic E-state index is 0.136. The molecular formula is C18H26N3O+. The molecule has 0 bridgehead atoms. The first kappa shape index (κ1) is 15.1. The Balaban J connectivity index is 1.98. The van der Waals surface area contributed by atoms with E-state index in [0.29, 0.717) is 6.04 Å². The summed E-state index contributed by atoms with van der Waals surface area (Å²) in [5.41, 5.74) is 3.12. The lowest BCUT2D eigenvalue weighted by molar-refractivity contribution is -0.942. The number of likely N-dealkylation sites (tertiary alicyclic amines) is 1. The molecule has 2 aromatic rings. The van der Waals surface area contributed by atoms with Gasteiger partial charge in [-0.3, -0.25) is 9.48 Å². The van der Waals surface area contributed by atoms with E-state index in [2.05, 4.69) is 13.8 Å². The van der Waals surface area contributed by atoms with Crippen molar-refractivity contribution < 1.29 is 4.90 Å². The van der Waals surface area contributed by atoms with Crippen molar-refractivity contribution in [2.75, 3.05) is 6.54 Å². The van der Waals surface area contributed by atoms with Crippen LogP contribution in [0.2, 0.25) is 0 Å². The number of piperidine rings is 1. The molecular weight excluding hydrogens is 274 g/mol. The Morgan fingerprint density at radius 1 is 1.23 bits per heavy atom. The predicted octanol–water partition coefficient (Wildman–Crippen LogP) is 1.44. The molecule has 3 rings (SSSR count). The van der Waals surface area contributed by atoms with Gasteiger partial charge in [0.2, 0.25) is 0 Å². The summed E-state index contributed by atoms with van der Waals surface area (Å²) in [5.74, 6) is 0. The molecule has 2 atom stereocenters. The van der Waals surface area contributed by atoms with Gasteiger partial charge in [-0.05, 0) is 45.2 Å². The zero-order valence-electron chi connectivity index (χ0n) is 13.8. The molecule has 1 saturated heterocycles. The van der Waals surface area contributed by atoms with E-state index in [0.717, 1.165) is 23.5 Å². The summed E-state index contributed by atoms with van der Waals surface area (Å²) in [6.45, 7) is 6.40. The van der Waals surface area contributed by atoms with Crippen LogP contribution in [0.5, 0.6) is 0 Å². The molecule has 0 amide bonds. The third-order valence-electron chi connectivity index (χ3n) is 5.16. The number of rotatable bonds is 3. The van der Waals surface area contributed by atoms with Crippen LogP contribution < -0.4 is 10.5 Å². The van der Waals surface area contributed by atoms with Crippen LogP contribution in [0.3, 0.4) is 0 Å². The first-order valence-electron chi connectivity index (χ1n) is 8.27. The molecule has 22 heavy (non-hydrogen) atoms. The van der Waals surface area contributed by atoms with Crippen LogP contribution in [0, 0.1) is 6.92 Å². The van der Waals surface area contributed by atoms with Crippen molar-refractivity contribution in [2.45, 2.75) is 45.7 Å². The number of hydrogen-bond acceptors (Lipinski definition) is 1. The Morgan fingerprint density at radius 3 is 2.64 bits per heavy atom. The average molecular weight is 300 g/mol. The maximum atomic E-state index is 12.9. The van der Waals surface area contributed by atoms with Gasteiger partial charge in [-0.2, -0.15) is 0 Å². The molecule has 0 radical (unpaired) electrons. The monoisotopic (exact) mass is 300 g/mol. The predicted molar refractivity (Wildman–Crippen MR) is 88.6 cm³/mol. The molecule has 1 aliphatic heterocycles. The molecule has 0 saturated carbocycles. The molecule has 2 heterocycles. The van der Waals surface area contributed by atoms with Crippen molar-refractivity contribution in [1.82, 2.24) is 9.36 Å². The van der Waals surface area contributed by atoms with E-state index >= 15 is 0 Å². The van der Waals surface area contributed by atoms with E-state index < -0.39 is 0 Å². The second-order valence-electron chi connectivity index (χ2n) is 6.52. The molecule has 1 aromatic heterocycles. The minimum Gasteiger partial charge on any atom is -0.329 e. The van der Waals surface area contributed by atoms with E-state index in [4.69, 9.17) is 0 Å². The maximum Gasteiger partial charge on any atom is 0.280 e. The van der Waals surface area contributed by atoms with E-state index in [1.807, 2.05) is 42.1 Å². The first-order valence-corrected chi connectivity index (χ1v) is 8.27. The normalized spacial score (nSPS) is 22.0. The van der Waals surface area contributed by atoms with Gasteiger partial charge in [-0.15, -0.1) is 0 Å². The van der Waals surface area contributed by atoms with Gasteiger partial charge in [0.25, 0.3) is 5.56 Å². The minimum atomic E-state index is 0.136. The number of nitrogens with zero attached hydrogens (tertiary/aromatic N) is 2. The zero-order chi connectivity index (χ0) is 15.7. The van der Waals surface area contributed by atoms with E-state index in [1.54, 1.807) is 9.58 Å². The average Bonchev–Trinajstić information content (AvgIpc) is 2.74. The Morgan fingerprint density at radius 2 is 1.95 bits per heavy atom. The molecule has 1 unspecified atom stereocenters. The molecule has 1 fully saturated rings. The number of benzene rings is 1. The topological polar surface area (TPSA) is 31.4 Å². The highest BCUT2D eigenvalue weighted by Crippen LogP contribution is 2.10. The molecule has 0 spiro atoms. The van der Waals surface area contributed by atoms with Crippen molar-refractivity contribution in [3.05, 3.63) is 51.9 Å². The Bertz CT molecular complexity index is 699. The fourth-order valence-corrected chi connectivity index (χ4v) is 3.57. The fourth-order valence-electron chi connectivity index (χ4n) is 3.57. The van der Waals surface area contributed by atoms with Crippen molar-refractivity contribution >= 4 is 0 Å². The maximum absolute atomic E-state index is 12.9. The third kappa shape index (κ3) is 2.63. The zero-order valence-corrected chi connectivity index (χ0v) is 13.8. The Kier molecular flexibility index (Phi) is 4.21. The molecule has 1 aromatic carbocycles. The highest BCUT2D eigenvalue weighted by atomic mass is 16.1. The van der Waals surface area contributed by atoms with Crippen LogP contribution in [0.25, 0.3) is 5.69 Å². The SMILES string of the molecule is Cc1c(C[NH+]2CCCC[C@@H]2C)c(=O)n(-c2ccccc2)n1C. The highest BCUT2D eigenvalue weighted by Gasteiger charge is 2.26. The van der Waals surface area contributed by atoms with Crippen LogP contribution in [-0.4, -0.2) is 22.0 Å². The first-order chi connectivity index (χ1) is 10.6. The van der Waals surface area contributed by atoms with Gasteiger partial charge in [0.1, 0.15) is 6.54 Å². The lowest BCUT2D eigenvalue weighted by Gasteiger charge is -2.29. The van der Waals surface area contributed by atoms with Gasteiger partial charge < -0.3 is 4.90 Å². The largest absolute Gasteiger partial charge is 0.329 e. The number of para-hydroxylation sites is 1. The molecule has 1 N–H and O–H groups in total. The van der Waals surface area contributed by atoms with Crippen LogP contribution in [0.15, 0.2) is 35.1 Å². The molecule has 1 aliphatic rings. The van der Waals surface area contributed by atoms with E-state index in [9.17, 15) is 4.79 Å². The smallest absolute Gasteiger partial charge is 0.280 e. The van der Waals surface area contributed by atoms with Crippen molar-refractivity contribution in [3.63, 3.8) is 0 Å². The van der Waals surface area contributed by atoms with Crippen molar-refractivity contribution in [1.29, 1.82) is 0 Å².